The fourth-order valence-corrected chi connectivity index (χ4v) is 5.41. The number of hydrogen-bond donors (Lipinski definition) is 1. The Kier molecular flexibility index (Phi) is 4.72. The molecule has 0 amide bonds. The monoisotopic (exact) mass is 422 g/mol. The number of methoxy groups -OCH3 is 3. The number of ether oxygens (including phenoxy) is 5. The summed E-state index contributed by atoms with van der Waals surface area (Å²) in [6.45, 7) is 0. The molecule has 9 nitrogen and oxygen atoms in total. The molecule has 0 radical (unpaired) electrons. The average Bonchev–Trinajstić information content (AvgIpc) is 3.02. The summed E-state index contributed by atoms with van der Waals surface area (Å²) in [4.78, 5) is 0. The van der Waals surface area contributed by atoms with Gasteiger partial charge >= 0.3 is 0 Å². The van der Waals surface area contributed by atoms with Gasteiger partial charge < -0.3 is 23.7 Å². The maximum atomic E-state index is 10.3. The van der Waals surface area contributed by atoms with Crippen molar-refractivity contribution in [1.29, 1.82) is 21.2 Å². The lowest BCUT2D eigenvalue weighted by Crippen LogP contribution is -2.60. The summed E-state index contributed by atoms with van der Waals surface area (Å²) in [5.41, 5.74) is -3.36. The Morgan fingerprint density at radius 2 is 1.65 bits per heavy atom. The Hall–Kier alpha value is -3.48. The molecule has 0 aromatic heterocycles. The Bertz CT molecular complexity index is 1030. The zero-order chi connectivity index (χ0) is 22.4. The van der Waals surface area contributed by atoms with E-state index in [0.717, 1.165) is 12.8 Å². The van der Waals surface area contributed by atoms with Gasteiger partial charge in [-0.15, -0.1) is 0 Å². The van der Waals surface area contributed by atoms with E-state index < -0.39 is 28.6 Å². The number of rotatable bonds is 4. The molecule has 4 atom stereocenters. The average molecular weight is 422 g/mol. The van der Waals surface area contributed by atoms with Crippen LogP contribution in [0, 0.1) is 56.2 Å². The molecule has 4 rings (SSSR count). The van der Waals surface area contributed by atoms with Gasteiger partial charge in [-0.25, -0.2) is 0 Å². The molecule has 4 unspecified atom stereocenters. The first kappa shape index (κ1) is 20.8. The molecule has 2 aliphatic heterocycles. The first-order valence-corrected chi connectivity index (χ1v) is 9.93. The van der Waals surface area contributed by atoms with Crippen molar-refractivity contribution in [1.82, 2.24) is 0 Å². The molecule has 2 saturated heterocycles. The summed E-state index contributed by atoms with van der Waals surface area (Å²) < 4.78 is 28.5. The van der Waals surface area contributed by atoms with E-state index in [9.17, 15) is 15.8 Å². The Balaban J connectivity index is 2.00. The molecule has 9 heteroatoms. The molecule has 31 heavy (non-hydrogen) atoms. The van der Waals surface area contributed by atoms with Gasteiger partial charge in [0.2, 0.25) is 22.8 Å². The molecular weight excluding hydrogens is 400 g/mol. The van der Waals surface area contributed by atoms with E-state index in [0.29, 0.717) is 35.7 Å². The lowest BCUT2D eigenvalue weighted by atomic mass is 9.51. The summed E-state index contributed by atoms with van der Waals surface area (Å²) in [6.07, 6.45) is 1.42. The van der Waals surface area contributed by atoms with Gasteiger partial charge in [-0.2, -0.15) is 15.8 Å². The summed E-state index contributed by atoms with van der Waals surface area (Å²) in [5, 5.41) is 39.5. The van der Waals surface area contributed by atoms with E-state index in [1.54, 1.807) is 12.1 Å². The quantitative estimate of drug-likeness (QED) is 0.779. The molecule has 160 valence electrons. The van der Waals surface area contributed by atoms with E-state index in [4.69, 9.17) is 29.1 Å². The van der Waals surface area contributed by atoms with Crippen LogP contribution < -0.4 is 14.2 Å². The van der Waals surface area contributed by atoms with Crippen molar-refractivity contribution in [3.05, 3.63) is 17.7 Å². The molecule has 1 aromatic carbocycles. The third kappa shape index (κ3) is 2.34. The van der Waals surface area contributed by atoms with Crippen LogP contribution in [-0.4, -0.2) is 33.0 Å². The fourth-order valence-electron chi connectivity index (χ4n) is 5.41. The van der Waals surface area contributed by atoms with E-state index in [1.807, 2.05) is 0 Å². The van der Waals surface area contributed by atoms with Crippen LogP contribution in [0.15, 0.2) is 12.1 Å². The van der Waals surface area contributed by atoms with Crippen molar-refractivity contribution in [2.24, 2.45) is 16.7 Å². The Morgan fingerprint density at radius 3 is 2.16 bits per heavy atom. The van der Waals surface area contributed by atoms with Gasteiger partial charge in [-0.3, -0.25) is 5.41 Å². The number of nitriles is 3. The molecule has 1 N–H and O–H groups in total. The minimum absolute atomic E-state index is 0.322. The van der Waals surface area contributed by atoms with Crippen molar-refractivity contribution in [2.75, 3.05) is 21.3 Å². The highest BCUT2D eigenvalue weighted by molar-refractivity contribution is 5.89. The van der Waals surface area contributed by atoms with Crippen molar-refractivity contribution >= 4 is 5.90 Å². The predicted octanol–water partition coefficient (Wildman–Crippen LogP) is 3.22. The minimum Gasteiger partial charge on any atom is -0.493 e. The lowest BCUT2D eigenvalue weighted by Gasteiger charge is -2.51. The zero-order valence-corrected chi connectivity index (χ0v) is 17.5. The number of nitrogens with zero attached hydrogens (tertiary/aromatic N) is 3. The summed E-state index contributed by atoms with van der Waals surface area (Å²) in [7, 11) is 4.39. The Morgan fingerprint density at radius 1 is 1.00 bits per heavy atom. The molecule has 3 aliphatic rings. The van der Waals surface area contributed by atoms with Crippen LogP contribution in [0.2, 0.25) is 0 Å². The van der Waals surface area contributed by atoms with Gasteiger partial charge in [0.1, 0.15) is 6.10 Å². The zero-order valence-electron chi connectivity index (χ0n) is 17.5. The van der Waals surface area contributed by atoms with Crippen LogP contribution >= 0.6 is 0 Å². The molecule has 2 bridgehead atoms. The van der Waals surface area contributed by atoms with Gasteiger partial charge in [0.05, 0.1) is 45.5 Å². The molecule has 0 spiro atoms. The van der Waals surface area contributed by atoms with Crippen molar-refractivity contribution in [3.8, 4) is 35.5 Å². The molecule has 3 fully saturated rings. The van der Waals surface area contributed by atoms with Gasteiger partial charge in [0.15, 0.2) is 16.9 Å². The standard InChI is InChI=1S/C22H22N4O5/c1-27-14-8-13(9-15(28-2)17(14)29-3)18-20(10-23,11-24)21(12-25)16-6-4-5-7-22(16,30-18)31-19(21)26/h8-9,16,18,26H,4-7H2,1-3H3. The first-order chi connectivity index (χ1) is 14.9. The summed E-state index contributed by atoms with van der Waals surface area (Å²) >= 11 is 0. The van der Waals surface area contributed by atoms with E-state index in [1.165, 1.54) is 21.3 Å². The van der Waals surface area contributed by atoms with Crippen LogP contribution in [0.1, 0.15) is 37.4 Å². The summed E-state index contributed by atoms with van der Waals surface area (Å²) in [6, 6.07) is 9.48. The fraction of sp³-hybridized carbons (Fsp3) is 0.545. The maximum Gasteiger partial charge on any atom is 0.217 e. The van der Waals surface area contributed by atoms with Gasteiger partial charge in [0, 0.05) is 6.42 Å². The SMILES string of the molecule is COc1cc(C2OC34CCCCC3C(C#N)(C(=N)O4)C2(C#N)C#N)cc(OC)c1OC. The number of benzene rings is 1. The topological polar surface area (TPSA) is 141 Å². The first-order valence-electron chi connectivity index (χ1n) is 9.93. The normalized spacial score (nSPS) is 32.5. The maximum absolute atomic E-state index is 10.3. The molecular formula is C22H22N4O5. The largest absolute Gasteiger partial charge is 0.493 e. The number of hydrogen-bond acceptors (Lipinski definition) is 9. The van der Waals surface area contributed by atoms with Gasteiger partial charge in [-0.05, 0) is 30.5 Å². The highest BCUT2D eigenvalue weighted by atomic mass is 16.7. The lowest BCUT2D eigenvalue weighted by molar-refractivity contribution is -0.294. The molecule has 2 heterocycles. The van der Waals surface area contributed by atoms with Crippen LogP contribution in [0.5, 0.6) is 17.2 Å². The minimum atomic E-state index is -2.01. The van der Waals surface area contributed by atoms with E-state index in [-0.39, 0.29) is 5.90 Å². The summed E-state index contributed by atoms with van der Waals surface area (Å²) in [5.74, 6) is -1.19. The second-order valence-electron chi connectivity index (χ2n) is 7.95. The highest BCUT2D eigenvalue weighted by Crippen LogP contribution is 2.69. The predicted molar refractivity (Wildman–Crippen MR) is 105 cm³/mol. The highest BCUT2D eigenvalue weighted by Gasteiger charge is 2.80. The Labute approximate surface area is 180 Å². The van der Waals surface area contributed by atoms with Crippen LogP contribution in [0.25, 0.3) is 0 Å². The van der Waals surface area contributed by atoms with Gasteiger partial charge in [0.25, 0.3) is 0 Å². The van der Waals surface area contributed by atoms with Crippen molar-refractivity contribution < 1.29 is 23.7 Å². The molecule has 1 aliphatic carbocycles. The molecule has 1 saturated carbocycles. The smallest absolute Gasteiger partial charge is 0.217 e. The molecule has 1 aromatic rings. The van der Waals surface area contributed by atoms with Crippen molar-refractivity contribution in [2.45, 2.75) is 37.6 Å². The third-order valence-electron chi connectivity index (χ3n) is 6.81. The number of nitrogens with one attached hydrogen (secondary N) is 1. The second-order valence-corrected chi connectivity index (χ2v) is 7.95. The van der Waals surface area contributed by atoms with Crippen molar-refractivity contribution in [3.63, 3.8) is 0 Å². The van der Waals surface area contributed by atoms with Crippen LogP contribution in [0.4, 0.5) is 0 Å². The van der Waals surface area contributed by atoms with Gasteiger partial charge in [-0.1, -0.05) is 6.42 Å². The van der Waals surface area contributed by atoms with E-state index in [2.05, 4.69) is 18.2 Å². The van der Waals surface area contributed by atoms with E-state index >= 15 is 0 Å². The van der Waals surface area contributed by atoms with Crippen LogP contribution in [-0.2, 0) is 9.47 Å². The third-order valence-corrected chi connectivity index (χ3v) is 6.81. The second kappa shape index (κ2) is 7.04. The van der Waals surface area contributed by atoms with Crippen LogP contribution in [0.3, 0.4) is 0 Å².